The monoisotopic (exact) mass is 540 g/mol. The summed E-state index contributed by atoms with van der Waals surface area (Å²) in [6.45, 7) is 6.21. The number of hydrogen-bond donors (Lipinski definition) is 0. The summed E-state index contributed by atoms with van der Waals surface area (Å²) in [4.78, 5) is 4.12. The van der Waals surface area contributed by atoms with E-state index >= 15 is 0 Å². The van der Waals surface area contributed by atoms with Crippen LogP contribution in [0.4, 0.5) is 11.4 Å². The zero-order valence-electron chi connectivity index (χ0n) is 22.8. The molecule has 0 atom stereocenters. The molecule has 0 bridgehead atoms. The van der Waals surface area contributed by atoms with Crippen LogP contribution in [-0.2, 0) is 9.47 Å². The van der Waals surface area contributed by atoms with E-state index in [4.69, 9.17) is 33.9 Å². The van der Waals surface area contributed by atoms with Gasteiger partial charge in [0.15, 0.2) is 0 Å². The fraction of sp³-hybridized carbons (Fsp3) is 0.548. The second-order valence-corrected chi connectivity index (χ2v) is 10.5. The molecule has 0 saturated carbocycles. The van der Waals surface area contributed by atoms with E-state index in [1.165, 1.54) is 64.2 Å². The largest absolute Gasteiger partial charge is 0.471 e. The van der Waals surface area contributed by atoms with Crippen molar-refractivity contribution in [1.82, 2.24) is 0 Å². The van der Waals surface area contributed by atoms with Crippen molar-refractivity contribution < 1.29 is 9.47 Å². The molecule has 2 aromatic carbocycles. The summed E-state index contributed by atoms with van der Waals surface area (Å²) in [6, 6.07) is 16.7. The zero-order valence-corrected chi connectivity index (χ0v) is 24.4. The minimum absolute atomic E-state index is 0.457. The maximum atomic E-state index is 6.12. The number of hydrogen-bond acceptors (Lipinski definition) is 4. The minimum Gasteiger partial charge on any atom is -0.471 e. The van der Waals surface area contributed by atoms with E-state index in [0.29, 0.717) is 30.2 Å². The van der Waals surface area contributed by atoms with Crippen LogP contribution in [0.2, 0.25) is 0 Å². The Balaban J connectivity index is 1.69. The number of nitrogens with zero attached hydrogens (tertiary/aromatic N) is 2. The lowest BCUT2D eigenvalue weighted by molar-refractivity contribution is 0.288. The highest BCUT2D eigenvalue weighted by Gasteiger charge is 2.29. The van der Waals surface area contributed by atoms with E-state index in [9.17, 15) is 0 Å². The Morgan fingerprint density at radius 2 is 0.973 bits per heavy atom. The molecule has 3 rings (SSSR count). The Labute approximate surface area is 235 Å². The van der Waals surface area contributed by atoms with E-state index in [2.05, 4.69) is 60.0 Å². The van der Waals surface area contributed by atoms with Gasteiger partial charge in [-0.3, -0.25) is 9.80 Å². The van der Waals surface area contributed by atoms with Gasteiger partial charge in [-0.2, -0.15) is 0 Å². The summed E-state index contributed by atoms with van der Waals surface area (Å²) in [7, 11) is 0. The standard InChI is InChI=1S/C31H44N2O2S2/c1-3-5-7-9-11-17-23-34-30(36)32-25-33(31(37)35-24-18-12-10-8-6-4-2)29-22-16-14-20-27(29)26-19-13-15-21-28(26)32/h13-16,19-22H,3-12,17-18,23-25H2,1-2H3. The molecule has 202 valence electrons. The molecule has 0 aromatic heterocycles. The normalized spacial score (nSPS) is 12.5. The summed E-state index contributed by atoms with van der Waals surface area (Å²) in [5.74, 6) is 0. The molecule has 0 radical (unpaired) electrons. The van der Waals surface area contributed by atoms with Crippen molar-refractivity contribution in [3.8, 4) is 11.1 Å². The molecule has 2 aromatic rings. The van der Waals surface area contributed by atoms with Gasteiger partial charge in [0.1, 0.15) is 6.67 Å². The summed E-state index contributed by atoms with van der Waals surface area (Å²) >= 11 is 11.7. The predicted molar refractivity (Wildman–Crippen MR) is 166 cm³/mol. The van der Waals surface area contributed by atoms with Crippen molar-refractivity contribution in [2.45, 2.75) is 90.9 Å². The summed E-state index contributed by atoms with van der Waals surface area (Å²) in [6.07, 6.45) is 14.6. The average Bonchev–Trinajstić information content (AvgIpc) is 3.07. The van der Waals surface area contributed by atoms with Crippen molar-refractivity contribution in [3.63, 3.8) is 0 Å². The average molecular weight is 541 g/mol. The molecule has 0 aliphatic carbocycles. The third kappa shape index (κ3) is 8.96. The highest BCUT2D eigenvalue weighted by molar-refractivity contribution is 7.80. The van der Waals surface area contributed by atoms with Crippen molar-refractivity contribution in [3.05, 3.63) is 48.5 Å². The van der Waals surface area contributed by atoms with Gasteiger partial charge in [0, 0.05) is 11.1 Å². The topological polar surface area (TPSA) is 24.9 Å². The van der Waals surface area contributed by atoms with Gasteiger partial charge in [-0.25, -0.2) is 0 Å². The Morgan fingerprint density at radius 1 is 0.595 bits per heavy atom. The third-order valence-corrected chi connectivity index (χ3v) is 7.53. The van der Waals surface area contributed by atoms with E-state index in [1.807, 2.05) is 12.1 Å². The molecular weight excluding hydrogens is 496 g/mol. The Hall–Kier alpha value is -2.18. The maximum Gasteiger partial charge on any atom is 0.265 e. The predicted octanol–water partition coefficient (Wildman–Crippen LogP) is 9.26. The van der Waals surface area contributed by atoms with Crippen molar-refractivity contribution in [2.24, 2.45) is 0 Å². The van der Waals surface area contributed by atoms with Crippen LogP contribution in [0.3, 0.4) is 0 Å². The second kappa shape index (κ2) is 16.6. The van der Waals surface area contributed by atoms with Crippen LogP contribution >= 0.6 is 24.4 Å². The number of anilines is 2. The van der Waals surface area contributed by atoms with Gasteiger partial charge in [0.25, 0.3) is 10.3 Å². The van der Waals surface area contributed by atoms with Crippen LogP contribution in [-0.4, -0.2) is 30.2 Å². The minimum atomic E-state index is 0.457. The van der Waals surface area contributed by atoms with Gasteiger partial charge < -0.3 is 9.47 Å². The molecule has 1 aliphatic rings. The van der Waals surface area contributed by atoms with Gasteiger partial charge in [-0.05, 0) is 49.4 Å². The van der Waals surface area contributed by atoms with Gasteiger partial charge in [0.2, 0.25) is 0 Å². The van der Waals surface area contributed by atoms with Gasteiger partial charge in [-0.15, -0.1) is 0 Å². The quantitative estimate of drug-likeness (QED) is 0.175. The number of thiocarbonyl (C=S) groups is 2. The smallest absolute Gasteiger partial charge is 0.265 e. The van der Waals surface area contributed by atoms with E-state index in [-0.39, 0.29) is 0 Å². The SMILES string of the molecule is CCCCCCCCOC(=S)N1CN(C(=S)OCCCCCCCC)c2ccccc2-c2ccccc21. The first kappa shape index (κ1) is 29.4. The van der Waals surface area contributed by atoms with Gasteiger partial charge in [-0.1, -0.05) is 114 Å². The van der Waals surface area contributed by atoms with Crippen LogP contribution < -0.4 is 9.80 Å². The summed E-state index contributed by atoms with van der Waals surface area (Å²) < 4.78 is 12.2. The Kier molecular flexibility index (Phi) is 13.2. The number of benzene rings is 2. The molecule has 0 amide bonds. The van der Waals surface area contributed by atoms with Crippen LogP contribution in [0.1, 0.15) is 90.9 Å². The summed E-state index contributed by atoms with van der Waals surface area (Å²) in [5, 5.41) is 0.968. The lowest BCUT2D eigenvalue weighted by Crippen LogP contribution is -2.44. The first-order valence-corrected chi connectivity index (χ1v) is 15.1. The number of fused-ring (bicyclic) bond motifs is 3. The highest BCUT2D eigenvalue weighted by Crippen LogP contribution is 2.41. The van der Waals surface area contributed by atoms with Crippen LogP contribution in [0.25, 0.3) is 11.1 Å². The van der Waals surface area contributed by atoms with E-state index in [0.717, 1.165) is 35.3 Å². The molecule has 4 nitrogen and oxygen atoms in total. The zero-order chi connectivity index (χ0) is 26.3. The lowest BCUT2D eigenvalue weighted by Gasteiger charge is -2.31. The molecule has 0 saturated heterocycles. The molecule has 6 heteroatoms. The van der Waals surface area contributed by atoms with E-state index in [1.54, 1.807) is 0 Å². The van der Waals surface area contributed by atoms with Crippen molar-refractivity contribution in [2.75, 3.05) is 29.7 Å². The molecule has 1 aliphatic heterocycles. The van der Waals surface area contributed by atoms with Crippen LogP contribution in [0.5, 0.6) is 0 Å². The first-order chi connectivity index (χ1) is 18.2. The highest BCUT2D eigenvalue weighted by atomic mass is 32.1. The fourth-order valence-electron chi connectivity index (χ4n) is 4.72. The first-order valence-electron chi connectivity index (χ1n) is 14.2. The third-order valence-electron chi connectivity index (χ3n) is 6.85. The lowest BCUT2D eigenvalue weighted by atomic mass is 10.0. The second-order valence-electron chi connectivity index (χ2n) is 9.80. The number of para-hydroxylation sites is 2. The molecule has 0 unspecified atom stereocenters. The molecule has 0 spiro atoms. The van der Waals surface area contributed by atoms with Gasteiger partial charge in [0.05, 0.1) is 24.6 Å². The fourth-order valence-corrected chi connectivity index (χ4v) is 5.20. The molecule has 0 fully saturated rings. The Bertz CT molecular complexity index is 904. The molecular formula is C31H44N2O2S2. The summed E-state index contributed by atoms with van der Waals surface area (Å²) in [5.41, 5.74) is 4.29. The molecule has 1 heterocycles. The molecule has 37 heavy (non-hydrogen) atoms. The number of unbranched alkanes of at least 4 members (excludes halogenated alkanes) is 10. The number of rotatable bonds is 14. The molecule has 0 N–H and O–H groups in total. The van der Waals surface area contributed by atoms with Gasteiger partial charge >= 0.3 is 0 Å². The Morgan fingerprint density at radius 3 is 1.41 bits per heavy atom. The maximum absolute atomic E-state index is 6.12. The van der Waals surface area contributed by atoms with Crippen molar-refractivity contribution in [1.29, 1.82) is 0 Å². The van der Waals surface area contributed by atoms with Crippen LogP contribution in [0.15, 0.2) is 48.5 Å². The van der Waals surface area contributed by atoms with E-state index < -0.39 is 0 Å². The van der Waals surface area contributed by atoms with Crippen LogP contribution in [0, 0.1) is 0 Å². The number of ether oxygens (including phenoxy) is 2. The van der Waals surface area contributed by atoms with Crippen molar-refractivity contribution >= 4 is 46.2 Å².